The Hall–Kier alpha value is -0.740. The van der Waals surface area contributed by atoms with E-state index in [2.05, 4.69) is 44.5 Å². The number of hydrogen-bond donors (Lipinski definition) is 0. The summed E-state index contributed by atoms with van der Waals surface area (Å²) in [5.41, 5.74) is 4.44. The highest BCUT2D eigenvalue weighted by Crippen LogP contribution is 2.43. The van der Waals surface area contributed by atoms with E-state index >= 15 is 0 Å². The van der Waals surface area contributed by atoms with Crippen LogP contribution in [0.15, 0.2) is 29.6 Å². The van der Waals surface area contributed by atoms with Gasteiger partial charge in [-0.3, -0.25) is 0 Å². The average molecular weight is 190 g/mol. The minimum atomic E-state index is -0.0155. The van der Waals surface area contributed by atoms with Crippen LogP contribution in [0.25, 0.3) is 5.57 Å². The fraction of sp³-hybridized carbons (Fsp3) is 0.333. The second-order valence-corrected chi connectivity index (χ2v) is 5.67. The lowest BCUT2D eigenvalue weighted by molar-refractivity contribution is 1.42. The molecule has 0 amide bonds. The lowest BCUT2D eigenvalue weighted by atomic mass is 10.1. The Morgan fingerprint density at radius 1 is 1.23 bits per heavy atom. The van der Waals surface area contributed by atoms with Gasteiger partial charge < -0.3 is 0 Å². The van der Waals surface area contributed by atoms with Crippen LogP contribution in [0.4, 0.5) is 0 Å². The van der Waals surface area contributed by atoms with E-state index in [4.69, 9.17) is 0 Å². The second-order valence-electron chi connectivity index (χ2n) is 3.70. The lowest BCUT2D eigenvalue weighted by Gasteiger charge is -2.06. The Kier molecular flexibility index (Phi) is 2.17. The molecule has 13 heavy (non-hydrogen) atoms. The van der Waals surface area contributed by atoms with Gasteiger partial charge >= 0.3 is 0 Å². The van der Waals surface area contributed by atoms with Gasteiger partial charge in [0.2, 0.25) is 0 Å². The summed E-state index contributed by atoms with van der Waals surface area (Å²) in [4.78, 5) is 0. The molecule has 0 aromatic carbocycles. The SMILES string of the molecule is CC1=CCC=C1c1c(C)ccp1C. The third-order valence-electron chi connectivity index (χ3n) is 2.70. The van der Waals surface area contributed by atoms with E-state index in [1.54, 1.807) is 5.30 Å². The molecule has 68 valence electrons. The predicted molar refractivity (Wildman–Crippen MR) is 61.2 cm³/mol. The van der Waals surface area contributed by atoms with Crippen molar-refractivity contribution in [1.82, 2.24) is 0 Å². The van der Waals surface area contributed by atoms with Crippen LogP contribution in [0.2, 0.25) is 0 Å². The molecule has 0 nitrogen and oxygen atoms in total. The molecule has 0 spiro atoms. The van der Waals surface area contributed by atoms with Crippen LogP contribution in [0.1, 0.15) is 24.2 Å². The maximum atomic E-state index is 2.36. The molecule has 0 saturated heterocycles. The Labute approximate surface area is 81.0 Å². The smallest absolute Gasteiger partial charge is 0.00376 e. The molecule has 1 aliphatic rings. The van der Waals surface area contributed by atoms with E-state index < -0.39 is 0 Å². The molecule has 0 aliphatic heterocycles. The van der Waals surface area contributed by atoms with E-state index in [9.17, 15) is 0 Å². The van der Waals surface area contributed by atoms with Crippen LogP contribution in [0, 0.1) is 6.92 Å². The number of rotatable bonds is 1. The number of hydrogen-bond acceptors (Lipinski definition) is 0. The summed E-state index contributed by atoms with van der Waals surface area (Å²) >= 11 is 0. The summed E-state index contributed by atoms with van der Waals surface area (Å²) < 4.78 is 0. The van der Waals surface area contributed by atoms with Gasteiger partial charge in [0.15, 0.2) is 0 Å². The maximum absolute atomic E-state index is 2.36. The largest absolute Gasteiger partial charge is 0.120 e. The third-order valence-corrected chi connectivity index (χ3v) is 4.60. The monoisotopic (exact) mass is 190 g/mol. The molecule has 1 heterocycles. The fourth-order valence-corrected chi connectivity index (χ4v) is 3.84. The van der Waals surface area contributed by atoms with E-state index in [-0.39, 0.29) is 7.53 Å². The van der Waals surface area contributed by atoms with Crippen LogP contribution in [0.5, 0.6) is 0 Å². The molecule has 0 fully saturated rings. The van der Waals surface area contributed by atoms with Crippen molar-refractivity contribution in [2.45, 2.75) is 20.3 Å². The van der Waals surface area contributed by atoms with Crippen molar-refractivity contribution in [3.8, 4) is 0 Å². The molecular weight excluding hydrogens is 175 g/mol. The standard InChI is InChI=1S/C12H15P/c1-9-5-4-6-11(9)12-10(2)7-8-13(12)3/h5-8H,4H2,1-3H3. The first-order valence-corrected chi connectivity index (χ1v) is 6.55. The first-order chi connectivity index (χ1) is 6.20. The zero-order valence-electron chi connectivity index (χ0n) is 8.46. The first kappa shape index (κ1) is 8.84. The highest BCUT2D eigenvalue weighted by molar-refractivity contribution is 7.48. The second kappa shape index (κ2) is 3.20. The molecule has 1 aromatic rings. The summed E-state index contributed by atoms with van der Waals surface area (Å²) in [6.07, 6.45) is 5.80. The van der Waals surface area contributed by atoms with Crippen LogP contribution < -0.4 is 0 Å². The summed E-state index contributed by atoms with van der Waals surface area (Å²) in [6.45, 7) is 6.79. The average Bonchev–Trinajstić information content (AvgIpc) is 2.60. The minimum absolute atomic E-state index is 0.0155. The number of allylic oxidation sites excluding steroid dienone is 4. The molecule has 0 saturated carbocycles. The van der Waals surface area contributed by atoms with Gasteiger partial charge in [-0.25, -0.2) is 0 Å². The summed E-state index contributed by atoms with van der Waals surface area (Å²) in [6, 6.07) is 2.27. The molecule has 1 aromatic heterocycles. The van der Waals surface area contributed by atoms with Gasteiger partial charge in [-0.05, 0) is 49.4 Å². The molecular formula is C12H15P. The van der Waals surface area contributed by atoms with Crippen LogP contribution in [0.3, 0.4) is 0 Å². The van der Waals surface area contributed by atoms with Gasteiger partial charge in [0.25, 0.3) is 0 Å². The summed E-state index contributed by atoms with van der Waals surface area (Å²) in [5.74, 6) is 2.35. The van der Waals surface area contributed by atoms with Gasteiger partial charge in [-0.2, -0.15) is 0 Å². The maximum Gasteiger partial charge on any atom is 0.00376 e. The first-order valence-electron chi connectivity index (χ1n) is 4.69. The van der Waals surface area contributed by atoms with E-state index in [0.717, 1.165) is 6.42 Å². The van der Waals surface area contributed by atoms with Gasteiger partial charge in [0.05, 0.1) is 0 Å². The van der Waals surface area contributed by atoms with Crippen molar-refractivity contribution in [1.29, 1.82) is 0 Å². The summed E-state index contributed by atoms with van der Waals surface area (Å²) in [5, 5.41) is 1.60. The van der Waals surface area contributed by atoms with Crippen LogP contribution in [-0.2, 0) is 6.66 Å². The van der Waals surface area contributed by atoms with Crippen molar-refractivity contribution >= 4 is 13.1 Å². The minimum Gasteiger partial charge on any atom is -0.120 e. The molecule has 1 unspecified atom stereocenters. The molecule has 0 N–H and O–H groups in total. The highest BCUT2D eigenvalue weighted by Gasteiger charge is 2.12. The van der Waals surface area contributed by atoms with Gasteiger partial charge in [-0.15, -0.1) is 7.53 Å². The Morgan fingerprint density at radius 3 is 2.46 bits per heavy atom. The topological polar surface area (TPSA) is 0 Å². The Balaban J connectivity index is 2.52. The van der Waals surface area contributed by atoms with Gasteiger partial charge in [0, 0.05) is 5.30 Å². The Bertz CT molecular complexity index is 372. The normalized spacial score (nSPS) is 17.3. The highest BCUT2D eigenvalue weighted by atomic mass is 31.1. The fourth-order valence-electron chi connectivity index (χ4n) is 1.97. The van der Waals surface area contributed by atoms with Crippen LogP contribution >= 0.6 is 7.53 Å². The molecule has 1 atom stereocenters. The third kappa shape index (κ3) is 1.40. The predicted octanol–water partition coefficient (Wildman–Crippen LogP) is 4.25. The molecule has 2 rings (SSSR count). The molecule has 0 radical (unpaired) electrons. The zero-order chi connectivity index (χ0) is 9.42. The van der Waals surface area contributed by atoms with E-state index in [1.165, 1.54) is 16.7 Å². The van der Waals surface area contributed by atoms with Crippen molar-refractivity contribution in [3.05, 3.63) is 40.4 Å². The van der Waals surface area contributed by atoms with E-state index in [0.29, 0.717) is 0 Å². The van der Waals surface area contributed by atoms with Gasteiger partial charge in [-0.1, -0.05) is 18.2 Å². The van der Waals surface area contributed by atoms with Crippen molar-refractivity contribution in [3.63, 3.8) is 0 Å². The van der Waals surface area contributed by atoms with Gasteiger partial charge in [0.1, 0.15) is 0 Å². The van der Waals surface area contributed by atoms with Crippen molar-refractivity contribution in [2.75, 3.05) is 0 Å². The zero-order valence-corrected chi connectivity index (χ0v) is 9.36. The van der Waals surface area contributed by atoms with Crippen molar-refractivity contribution < 1.29 is 0 Å². The molecule has 1 aliphatic carbocycles. The Morgan fingerprint density at radius 2 is 2.00 bits per heavy atom. The summed E-state index contributed by atoms with van der Waals surface area (Å²) in [7, 11) is -0.0155. The van der Waals surface area contributed by atoms with E-state index in [1.807, 2.05) is 0 Å². The molecule has 0 bridgehead atoms. The van der Waals surface area contributed by atoms with Crippen LogP contribution in [-0.4, -0.2) is 0 Å². The van der Waals surface area contributed by atoms with Crippen molar-refractivity contribution in [2.24, 2.45) is 6.66 Å². The lowest BCUT2D eigenvalue weighted by Crippen LogP contribution is -1.81. The molecule has 1 heteroatoms. The quantitative estimate of drug-likeness (QED) is 0.621. The number of aryl methyl sites for hydroxylation is 2.